The van der Waals surface area contributed by atoms with Crippen LogP contribution in [-0.2, 0) is 0 Å². The van der Waals surface area contributed by atoms with Crippen LogP contribution < -0.4 is 4.90 Å². The fourth-order valence-corrected chi connectivity index (χ4v) is 2.58. The third-order valence-electron chi connectivity index (χ3n) is 2.03. The molecule has 0 aliphatic rings. The first kappa shape index (κ1) is 13.3. The monoisotopic (exact) mass is 262 g/mol. The van der Waals surface area contributed by atoms with Gasteiger partial charge in [-0.05, 0) is 12.8 Å². The van der Waals surface area contributed by atoms with Crippen LogP contribution in [0.5, 0.6) is 0 Å². The summed E-state index contributed by atoms with van der Waals surface area (Å²) >= 11 is 6.92. The number of aromatic nitrogens is 1. The maximum Gasteiger partial charge on any atom is 0.349 e. The number of carboxylic acids is 1. The lowest BCUT2D eigenvalue weighted by atomic mass is 10.4. The summed E-state index contributed by atoms with van der Waals surface area (Å²) in [5, 5.41) is 9.68. The Labute approximate surface area is 104 Å². The Bertz CT molecular complexity index is 362. The summed E-state index contributed by atoms with van der Waals surface area (Å²) in [4.78, 5) is 17.1. The average Bonchev–Trinajstić information content (AvgIpc) is 2.60. The van der Waals surface area contributed by atoms with Crippen LogP contribution in [0.1, 0.15) is 36.4 Å². The molecule has 1 heterocycles. The molecular weight excluding hydrogens is 248 g/mol. The fraction of sp³-hybridized carbons (Fsp3) is 0.600. The molecule has 0 bridgehead atoms. The zero-order valence-electron chi connectivity index (χ0n) is 9.36. The Balaban J connectivity index is 2.92. The molecule has 6 heteroatoms. The van der Waals surface area contributed by atoms with Gasteiger partial charge in [0.1, 0.15) is 0 Å². The number of rotatable bonds is 6. The number of hydrogen-bond donors (Lipinski definition) is 1. The van der Waals surface area contributed by atoms with Crippen LogP contribution in [-0.4, -0.2) is 29.1 Å². The summed E-state index contributed by atoms with van der Waals surface area (Å²) in [6.07, 6.45) is 2.00. The van der Waals surface area contributed by atoms with Crippen molar-refractivity contribution in [2.24, 2.45) is 0 Å². The third-order valence-corrected chi connectivity index (χ3v) is 3.52. The molecular formula is C10H15ClN2O2S. The normalized spacial score (nSPS) is 10.4. The summed E-state index contributed by atoms with van der Waals surface area (Å²) in [6, 6.07) is 0. The van der Waals surface area contributed by atoms with Gasteiger partial charge in [-0.25, -0.2) is 9.78 Å². The maximum atomic E-state index is 10.8. The standard InChI is InChI=1S/C10H15ClN2O2S/c1-3-5-13(6-4-2)10-12-8(11)7(16-10)9(14)15/h3-6H2,1-2H3,(H,14,15). The van der Waals surface area contributed by atoms with Crippen molar-refractivity contribution in [1.82, 2.24) is 4.98 Å². The molecule has 0 radical (unpaired) electrons. The van der Waals surface area contributed by atoms with Crippen molar-refractivity contribution >= 4 is 34.0 Å². The molecule has 0 amide bonds. The van der Waals surface area contributed by atoms with Gasteiger partial charge < -0.3 is 10.0 Å². The number of nitrogens with zero attached hydrogens (tertiary/aromatic N) is 2. The molecule has 0 aliphatic heterocycles. The van der Waals surface area contributed by atoms with Gasteiger partial charge in [-0.2, -0.15) is 0 Å². The molecule has 16 heavy (non-hydrogen) atoms. The predicted octanol–water partition coefficient (Wildman–Crippen LogP) is 3.12. The third kappa shape index (κ3) is 3.09. The lowest BCUT2D eigenvalue weighted by Crippen LogP contribution is -2.24. The molecule has 0 fully saturated rings. The summed E-state index contributed by atoms with van der Waals surface area (Å²) < 4.78 is 0. The Kier molecular flexibility index (Phi) is 5.02. The van der Waals surface area contributed by atoms with Crippen LogP contribution in [0.25, 0.3) is 0 Å². The minimum Gasteiger partial charge on any atom is -0.477 e. The zero-order chi connectivity index (χ0) is 12.1. The van der Waals surface area contributed by atoms with Crippen molar-refractivity contribution in [1.29, 1.82) is 0 Å². The van der Waals surface area contributed by atoms with E-state index in [0.29, 0.717) is 5.13 Å². The second-order valence-corrected chi connectivity index (χ2v) is 4.74. The quantitative estimate of drug-likeness (QED) is 0.856. The van der Waals surface area contributed by atoms with Crippen molar-refractivity contribution in [2.75, 3.05) is 18.0 Å². The van der Waals surface area contributed by atoms with Gasteiger partial charge in [0.05, 0.1) is 0 Å². The number of anilines is 1. The number of hydrogen-bond acceptors (Lipinski definition) is 4. The first-order valence-electron chi connectivity index (χ1n) is 5.24. The Morgan fingerprint density at radius 1 is 1.44 bits per heavy atom. The predicted molar refractivity (Wildman–Crippen MR) is 66.9 cm³/mol. The van der Waals surface area contributed by atoms with E-state index in [4.69, 9.17) is 16.7 Å². The molecule has 0 aromatic carbocycles. The average molecular weight is 263 g/mol. The van der Waals surface area contributed by atoms with E-state index in [-0.39, 0.29) is 10.0 Å². The summed E-state index contributed by atoms with van der Waals surface area (Å²) in [5.41, 5.74) is 0. The Hall–Kier alpha value is -0.810. The molecule has 1 aromatic heterocycles. The zero-order valence-corrected chi connectivity index (χ0v) is 10.9. The highest BCUT2D eigenvalue weighted by atomic mass is 35.5. The van der Waals surface area contributed by atoms with E-state index in [0.717, 1.165) is 37.3 Å². The van der Waals surface area contributed by atoms with E-state index in [2.05, 4.69) is 23.7 Å². The van der Waals surface area contributed by atoms with Gasteiger partial charge in [-0.3, -0.25) is 0 Å². The molecule has 4 nitrogen and oxygen atoms in total. The fourth-order valence-electron chi connectivity index (χ4n) is 1.40. The maximum absolute atomic E-state index is 10.8. The number of aromatic carboxylic acids is 1. The molecule has 0 saturated heterocycles. The smallest absolute Gasteiger partial charge is 0.349 e. The first-order valence-corrected chi connectivity index (χ1v) is 6.44. The summed E-state index contributed by atoms with van der Waals surface area (Å²) in [5.74, 6) is -1.01. The van der Waals surface area contributed by atoms with Gasteiger partial charge in [-0.15, -0.1) is 0 Å². The van der Waals surface area contributed by atoms with Gasteiger partial charge in [0.2, 0.25) is 0 Å². The molecule has 0 saturated carbocycles. The van der Waals surface area contributed by atoms with Crippen molar-refractivity contribution in [2.45, 2.75) is 26.7 Å². The van der Waals surface area contributed by atoms with Crippen LogP contribution in [0.3, 0.4) is 0 Å². The molecule has 0 aliphatic carbocycles. The Morgan fingerprint density at radius 3 is 2.38 bits per heavy atom. The van der Waals surface area contributed by atoms with E-state index < -0.39 is 5.97 Å². The highest BCUT2D eigenvalue weighted by Crippen LogP contribution is 2.29. The summed E-state index contributed by atoms with van der Waals surface area (Å²) in [6.45, 7) is 5.90. The molecule has 0 atom stereocenters. The number of halogens is 1. The second-order valence-electron chi connectivity index (χ2n) is 3.41. The highest BCUT2D eigenvalue weighted by Gasteiger charge is 2.18. The largest absolute Gasteiger partial charge is 0.477 e. The van der Waals surface area contributed by atoms with Crippen LogP contribution in [0, 0.1) is 0 Å². The lowest BCUT2D eigenvalue weighted by molar-refractivity contribution is 0.0702. The van der Waals surface area contributed by atoms with Crippen molar-refractivity contribution in [3.63, 3.8) is 0 Å². The van der Waals surface area contributed by atoms with Crippen LogP contribution in [0.15, 0.2) is 0 Å². The van der Waals surface area contributed by atoms with Crippen LogP contribution >= 0.6 is 22.9 Å². The molecule has 1 aromatic rings. The number of thiazole rings is 1. The minimum absolute atomic E-state index is 0.0877. The molecule has 0 unspecified atom stereocenters. The SMILES string of the molecule is CCCN(CCC)c1nc(Cl)c(C(=O)O)s1. The molecule has 1 N–H and O–H groups in total. The number of carboxylic acid groups (broad SMARTS) is 1. The first-order chi connectivity index (χ1) is 7.60. The molecule has 90 valence electrons. The van der Waals surface area contributed by atoms with Crippen molar-refractivity contribution in [3.8, 4) is 0 Å². The van der Waals surface area contributed by atoms with Gasteiger partial charge in [0.25, 0.3) is 0 Å². The van der Waals surface area contributed by atoms with E-state index in [9.17, 15) is 4.79 Å². The van der Waals surface area contributed by atoms with Crippen molar-refractivity contribution < 1.29 is 9.90 Å². The van der Waals surface area contributed by atoms with Gasteiger partial charge in [0.15, 0.2) is 15.2 Å². The van der Waals surface area contributed by atoms with E-state index in [1.165, 1.54) is 0 Å². The van der Waals surface area contributed by atoms with E-state index in [1.54, 1.807) is 0 Å². The van der Waals surface area contributed by atoms with Gasteiger partial charge in [0, 0.05) is 13.1 Å². The Morgan fingerprint density at radius 2 is 2.00 bits per heavy atom. The highest BCUT2D eigenvalue weighted by molar-refractivity contribution is 7.18. The topological polar surface area (TPSA) is 53.4 Å². The minimum atomic E-state index is -1.01. The van der Waals surface area contributed by atoms with Gasteiger partial charge in [-0.1, -0.05) is 36.8 Å². The number of carbonyl (C=O) groups is 1. The van der Waals surface area contributed by atoms with Crippen molar-refractivity contribution in [3.05, 3.63) is 10.0 Å². The van der Waals surface area contributed by atoms with Crippen LogP contribution in [0.4, 0.5) is 5.13 Å². The van der Waals surface area contributed by atoms with E-state index in [1.807, 2.05) is 0 Å². The van der Waals surface area contributed by atoms with Crippen LogP contribution in [0.2, 0.25) is 5.15 Å². The van der Waals surface area contributed by atoms with Gasteiger partial charge >= 0.3 is 5.97 Å². The molecule has 1 rings (SSSR count). The molecule has 0 spiro atoms. The lowest BCUT2D eigenvalue weighted by Gasteiger charge is -2.19. The van der Waals surface area contributed by atoms with E-state index >= 15 is 0 Å². The summed E-state index contributed by atoms with van der Waals surface area (Å²) in [7, 11) is 0. The second kappa shape index (κ2) is 6.06.